The van der Waals surface area contributed by atoms with Gasteiger partial charge in [-0.05, 0) is 83.5 Å². The molecule has 1 amide bonds. The number of allylic oxidation sites excluding steroid dienone is 17. The number of carbonyl (C=O) groups excluding carboxylic acids is 1. The fourth-order valence-corrected chi connectivity index (χ4v) is 9.61. The van der Waals surface area contributed by atoms with Crippen molar-refractivity contribution in [1.29, 1.82) is 0 Å². The minimum atomic E-state index is -0.850. The molecule has 0 radical (unpaired) electrons. The molecule has 4 nitrogen and oxygen atoms in total. The van der Waals surface area contributed by atoms with Crippen LogP contribution in [0.4, 0.5) is 0 Å². The van der Waals surface area contributed by atoms with Gasteiger partial charge in [0.05, 0.1) is 18.8 Å². The highest BCUT2D eigenvalue weighted by Gasteiger charge is 2.18. The summed E-state index contributed by atoms with van der Waals surface area (Å²) in [7, 11) is 0. The van der Waals surface area contributed by atoms with Crippen LogP contribution in [0.2, 0.25) is 0 Å². The number of unbranched alkanes of at least 4 members (excludes halogenated alkanes) is 36. The molecule has 4 heteroatoms. The highest BCUT2D eigenvalue weighted by molar-refractivity contribution is 5.76. The number of hydrogen-bond donors (Lipinski definition) is 3. The molecule has 0 spiro atoms. The Morgan fingerprint density at radius 1 is 0.333 bits per heavy atom. The van der Waals surface area contributed by atoms with E-state index in [9.17, 15) is 15.0 Å². The number of nitrogens with one attached hydrogen (secondary N) is 1. The predicted molar refractivity (Wildman–Crippen MR) is 336 cm³/mol. The average molecular weight is 1040 g/mol. The SMILES string of the molecule is CC/C=C\C/C=C\C/C=C\C/C=C\C/C=C\C/C=C\C/C=C\C/C=C\CCCCCCCCCCCCC(=O)NC(CO)C(O)/C=C/CCCCCCCCCCCCCCCCCCCCCCCCCCCC. The van der Waals surface area contributed by atoms with E-state index in [4.69, 9.17) is 0 Å². The summed E-state index contributed by atoms with van der Waals surface area (Å²) >= 11 is 0. The lowest BCUT2D eigenvalue weighted by molar-refractivity contribution is -0.123. The summed E-state index contributed by atoms with van der Waals surface area (Å²) in [6.45, 7) is 4.22. The maximum absolute atomic E-state index is 12.5. The Labute approximate surface area is 467 Å². The zero-order chi connectivity index (χ0) is 54.1. The highest BCUT2D eigenvalue weighted by atomic mass is 16.3. The second kappa shape index (κ2) is 65.3. The molecule has 0 aliphatic heterocycles. The molecule has 0 heterocycles. The summed E-state index contributed by atoms with van der Waals surface area (Å²) in [5.74, 6) is -0.0694. The van der Waals surface area contributed by atoms with Gasteiger partial charge in [0.1, 0.15) is 0 Å². The Hall–Kier alpha value is -2.95. The number of amides is 1. The van der Waals surface area contributed by atoms with Crippen molar-refractivity contribution < 1.29 is 15.0 Å². The maximum atomic E-state index is 12.5. The zero-order valence-electron chi connectivity index (χ0n) is 49.8. The van der Waals surface area contributed by atoms with Crippen LogP contribution in [0.25, 0.3) is 0 Å². The molecule has 432 valence electrons. The molecule has 2 atom stereocenters. The first-order chi connectivity index (χ1) is 37.2. The van der Waals surface area contributed by atoms with Crippen LogP contribution in [0.3, 0.4) is 0 Å². The fourth-order valence-electron chi connectivity index (χ4n) is 9.61. The largest absolute Gasteiger partial charge is 0.394 e. The second-order valence-corrected chi connectivity index (χ2v) is 21.8. The first kappa shape index (κ1) is 72.0. The van der Waals surface area contributed by atoms with Crippen molar-refractivity contribution in [2.24, 2.45) is 0 Å². The summed E-state index contributed by atoms with van der Waals surface area (Å²) < 4.78 is 0. The van der Waals surface area contributed by atoms with Gasteiger partial charge in [-0.3, -0.25) is 4.79 Å². The lowest BCUT2D eigenvalue weighted by atomic mass is 10.0. The molecular formula is C71H125NO3. The third kappa shape index (κ3) is 61.8. The molecule has 0 aliphatic carbocycles. The van der Waals surface area contributed by atoms with Crippen LogP contribution >= 0.6 is 0 Å². The Balaban J connectivity index is 3.54. The molecule has 75 heavy (non-hydrogen) atoms. The molecule has 0 aliphatic rings. The van der Waals surface area contributed by atoms with Crippen LogP contribution in [0, 0.1) is 0 Å². The Morgan fingerprint density at radius 2 is 0.587 bits per heavy atom. The summed E-state index contributed by atoms with van der Waals surface area (Å²) in [5, 5.41) is 23.3. The van der Waals surface area contributed by atoms with Gasteiger partial charge in [0.15, 0.2) is 0 Å². The quantitative estimate of drug-likeness (QED) is 0.0420. The first-order valence-electron chi connectivity index (χ1n) is 32.6. The maximum Gasteiger partial charge on any atom is 0.220 e. The van der Waals surface area contributed by atoms with Gasteiger partial charge < -0.3 is 15.5 Å². The first-order valence-corrected chi connectivity index (χ1v) is 32.6. The molecule has 0 aromatic rings. The van der Waals surface area contributed by atoms with Crippen molar-refractivity contribution in [3.05, 3.63) is 109 Å². The van der Waals surface area contributed by atoms with Crippen molar-refractivity contribution >= 4 is 5.91 Å². The Bertz CT molecular complexity index is 1410. The van der Waals surface area contributed by atoms with E-state index < -0.39 is 12.1 Å². The molecule has 0 aromatic carbocycles. The van der Waals surface area contributed by atoms with Crippen molar-refractivity contribution in [1.82, 2.24) is 5.32 Å². The number of aliphatic hydroxyl groups excluding tert-OH is 2. The number of aliphatic hydroxyl groups is 2. The fraction of sp³-hybridized carbons (Fsp3) is 0.732. The standard InChI is InChI=1S/C71H125NO3/c1-3-5-7-9-11-13-15-17-19-21-23-25-27-29-31-33-34-35-36-37-38-39-41-43-45-47-49-51-53-55-57-59-61-63-65-67-71(75)72-69(68-73)70(74)66-64-62-60-58-56-54-52-50-48-46-44-42-40-32-30-28-26-24-22-20-18-16-14-12-10-8-6-4-2/h5,7,11,13,17,19,23,25,29,31,34-35,37-38,41,43,64,66,69-70,73-74H,3-4,6,8-10,12,14-16,18,20-22,24,26-28,30,32-33,36,39-40,42,44-63,65,67-68H2,1-2H3,(H,72,75)/b7-5-,13-11-,19-17-,25-23-,31-29-,35-34-,38-37-,43-41-,66-64+. The highest BCUT2D eigenvalue weighted by Crippen LogP contribution is 2.17. The van der Waals surface area contributed by atoms with Gasteiger partial charge in [-0.1, -0.05) is 335 Å². The summed E-state index contributed by atoms with van der Waals surface area (Å²) in [5.41, 5.74) is 0. The Kier molecular flexibility index (Phi) is 62.8. The molecule has 0 rings (SSSR count). The summed E-state index contributed by atoms with van der Waals surface area (Å²) in [6, 6.07) is -0.633. The lowest BCUT2D eigenvalue weighted by Gasteiger charge is -2.20. The normalized spacial score (nSPS) is 13.5. The molecule has 0 saturated heterocycles. The van der Waals surface area contributed by atoms with E-state index in [1.165, 1.54) is 218 Å². The van der Waals surface area contributed by atoms with Gasteiger partial charge in [0.25, 0.3) is 0 Å². The predicted octanol–water partition coefficient (Wildman–Crippen LogP) is 22.2. The average Bonchev–Trinajstić information content (AvgIpc) is 3.41. The molecule has 0 bridgehead atoms. The van der Waals surface area contributed by atoms with Gasteiger partial charge in [-0.25, -0.2) is 0 Å². The molecule has 0 aromatic heterocycles. The number of carbonyl (C=O) groups is 1. The molecular weight excluding hydrogens is 915 g/mol. The zero-order valence-corrected chi connectivity index (χ0v) is 49.8. The van der Waals surface area contributed by atoms with Crippen molar-refractivity contribution in [3.63, 3.8) is 0 Å². The lowest BCUT2D eigenvalue weighted by Crippen LogP contribution is -2.45. The van der Waals surface area contributed by atoms with E-state index in [1.807, 2.05) is 6.08 Å². The van der Waals surface area contributed by atoms with Gasteiger partial charge in [0, 0.05) is 6.42 Å². The molecule has 2 unspecified atom stereocenters. The third-order valence-electron chi connectivity index (χ3n) is 14.5. The van der Waals surface area contributed by atoms with Gasteiger partial charge >= 0.3 is 0 Å². The molecule has 3 N–H and O–H groups in total. The van der Waals surface area contributed by atoms with E-state index in [0.29, 0.717) is 6.42 Å². The minimum absolute atomic E-state index is 0.0694. The van der Waals surface area contributed by atoms with E-state index in [2.05, 4.69) is 116 Å². The van der Waals surface area contributed by atoms with E-state index >= 15 is 0 Å². The summed E-state index contributed by atoms with van der Waals surface area (Å²) in [4.78, 5) is 12.5. The van der Waals surface area contributed by atoms with Crippen LogP contribution < -0.4 is 5.32 Å². The van der Waals surface area contributed by atoms with Crippen molar-refractivity contribution in [2.45, 2.75) is 328 Å². The smallest absolute Gasteiger partial charge is 0.220 e. The van der Waals surface area contributed by atoms with Crippen molar-refractivity contribution in [3.8, 4) is 0 Å². The van der Waals surface area contributed by atoms with Gasteiger partial charge in [-0.15, -0.1) is 0 Å². The third-order valence-corrected chi connectivity index (χ3v) is 14.5. The second-order valence-electron chi connectivity index (χ2n) is 21.8. The van der Waals surface area contributed by atoms with Gasteiger partial charge in [-0.2, -0.15) is 0 Å². The molecule has 0 fully saturated rings. The van der Waals surface area contributed by atoms with Crippen LogP contribution in [0.5, 0.6) is 0 Å². The Morgan fingerprint density at radius 3 is 0.880 bits per heavy atom. The monoisotopic (exact) mass is 1040 g/mol. The van der Waals surface area contributed by atoms with E-state index in [1.54, 1.807) is 6.08 Å². The van der Waals surface area contributed by atoms with Crippen molar-refractivity contribution in [2.75, 3.05) is 6.61 Å². The summed E-state index contributed by atoms with van der Waals surface area (Å²) in [6.07, 6.45) is 98.5. The number of hydrogen-bond acceptors (Lipinski definition) is 3. The van der Waals surface area contributed by atoms with Crippen LogP contribution in [-0.4, -0.2) is 34.9 Å². The van der Waals surface area contributed by atoms with E-state index in [0.717, 1.165) is 77.0 Å². The van der Waals surface area contributed by atoms with Crippen LogP contribution in [0.15, 0.2) is 109 Å². The van der Waals surface area contributed by atoms with Crippen LogP contribution in [0.1, 0.15) is 316 Å². The topological polar surface area (TPSA) is 69.6 Å². The van der Waals surface area contributed by atoms with Gasteiger partial charge in [0.2, 0.25) is 5.91 Å². The minimum Gasteiger partial charge on any atom is -0.394 e. The number of rotatable bonds is 59. The molecule has 0 saturated carbocycles. The van der Waals surface area contributed by atoms with Crippen LogP contribution in [-0.2, 0) is 4.79 Å². The van der Waals surface area contributed by atoms with E-state index in [-0.39, 0.29) is 12.5 Å².